The quantitative estimate of drug-likeness (QED) is 0.434. The molecule has 2 aromatic carbocycles. The average molecular weight is 537 g/mol. The van der Waals surface area contributed by atoms with Crippen LogP contribution in [0.2, 0.25) is 0 Å². The third-order valence-electron chi connectivity index (χ3n) is 4.50. The minimum Gasteiger partial charge on any atom is -0.488 e. The van der Waals surface area contributed by atoms with Crippen molar-refractivity contribution in [2.75, 3.05) is 24.7 Å². The van der Waals surface area contributed by atoms with E-state index in [0.29, 0.717) is 33.0 Å². The molecule has 1 heterocycles. The second kappa shape index (κ2) is 10.9. The zero-order chi connectivity index (χ0) is 24.0. The molecule has 0 aliphatic rings. The van der Waals surface area contributed by atoms with Crippen molar-refractivity contribution in [3.8, 4) is 5.75 Å². The van der Waals surface area contributed by atoms with Gasteiger partial charge in [-0.3, -0.25) is 0 Å². The van der Waals surface area contributed by atoms with E-state index in [1.54, 1.807) is 38.1 Å². The first-order chi connectivity index (χ1) is 15.7. The topological polar surface area (TPSA) is 123 Å². The summed E-state index contributed by atoms with van der Waals surface area (Å²) in [6.07, 6.45) is 1.47. The number of carbonyl (C=O) groups is 1. The van der Waals surface area contributed by atoms with Gasteiger partial charge in [-0.25, -0.2) is 19.0 Å². The summed E-state index contributed by atoms with van der Waals surface area (Å²) in [5.41, 5.74) is 1.44. The molecular formula is C22H25BrN4O5S. The maximum Gasteiger partial charge on any atom is 0.442 e. The SMILES string of the molecule is CCOC(=O)N=S(C)(=O)c1cccc(COc2cc3ncnc(NC[C@H](C)O)c3cc2Br)c1. The van der Waals surface area contributed by atoms with Crippen molar-refractivity contribution < 1.29 is 23.6 Å². The highest BCUT2D eigenvalue weighted by Gasteiger charge is 2.13. The van der Waals surface area contributed by atoms with Crippen molar-refractivity contribution in [2.24, 2.45) is 4.36 Å². The van der Waals surface area contributed by atoms with E-state index in [9.17, 15) is 14.1 Å². The number of benzene rings is 2. The minimum atomic E-state index is -2.95. The van der Waals surface area contributed by atoms with Crippen LogP contribution in [-0.2, 0) is 21.1 Å². The lowest BCUT2D eigenvalue weighted by atomic mass is 10.2. The van der Waals surface area contributed by atoms with Gasteiger partial charge < -0.3 is 19.9 Å². The molecule has 3 rings (SSSR count). The number of anilines is 1. The number of aliphatic hydroxyl groups excluding tert-OH is 1. The summed E-state index contributed by atoms with van der Waals surface area (Å²) < 4.78 is 28.0. The van der Waals surface area contributed by atoms with Gasteiger partial charge in [-0.15, -0.1) is 4.36 Å². The van der Waals surface area contributed by atoms with E-state index in [4.69, 9.17) is 9.47 Å². The summed E-state index contributed by atoms with van der Waals surface area (Å²) in [7, 11) is -2.95. The Bertz CT molecular complexity index is 1270. The molecule has 9 nitrogen and oxygen atoms in total. The lowest BCUT2D eigenvalue weighted by molar-refractivity contribution is 0.164. The fraction of sp³-hybridized carbons (Fsp3) is 0.318. The van der Waals surface area contributed by atoms with E-state index in [2.05, 4.69) is 35.6 Å². The van der Waals surface area contributed by atoms with Crippen molar-refractivity contribution in [3.05, 3.63) is 52.8 Å². The number of hydrogen-bond donors (Lipinski definition) is 2. The first-order valence-electron chi connectivity index (χ1n) is 10.2. The molecule has 0 spiro atoms. The molecule has 0 saturated heterocycles. The molecule has 0 radical (unpaired) electrons. The van der Waals surface area contributed by atoms with Gasteiger partial charge in [0.1, 0.15) is 24.5 Å². The smallest absolute Gasteiger partial charge is 0.442 e. The van der Waals surface area contributed by atoms with Gasteiger partial charge in [0.2, 0.25) is 0 Å². The molecule has 0 aliphatic carbocycles. The predicted molar refractivity (Wildman–Crippen MR) is 130 cm³/mol. The molecule has 1 aromatic heterocycles. The van der Waals surface area contributed by atoms with Crippen molar-refractivity contribution in [1.29, 1.82) is 0 Å². The average Bonchev–Trinajstić information content (AvgIpc) is 2.76. The van der Waals surface area contributed by atoms with Crippen molar-refractivity contribution in [2.45, 2.75) is 31.5 Å². The highest BCUT2D eigenvalue weighted by atomic mass is 79.9. The zero-order valence-electron chi connectivity index (χ0n) is 18.4. The number of carbonyl (C=O) groups excluding carboxylic acids is 1. The van der Waals surface area contributed by atoms with E-state index in [-0.39, 0.29) is 13.2 Å². The number of aromatic nitrogens is 2. The second-order valence-electron chi connectivity index (χ2n) is 7.28. The Hall–Kier alpha value is -2.76. The van der Waals surface area contributed by atoms with Crippen LogP contribution in [-0.4, -0.2) is 50.9 Å². The summed E-state index contributed by atoms with van der Waals surface area (Å²) in [6, 6.07) is 10.6. The molecule has 0 fully saturated rings. The van der Waals surface area contributed by atoms with Crippen molar-refractivity contribution >= 4 is 48.5 Å². The number of amides is 1. The van der Waals surface area contributed by atoms with Gasteiger partial charge in [-0.2, -0.15) is 0 Å². The van der Waals surface area contributed by atoms with E-state index < -0.39 is 21.9 Å². The lowest BCUT2D eigenvalue weighted by Crippen LogP contribution is -2.16. The van der Waals surface area contributed by atoms with Crippen LogP contribution in [0.25, 0.3) is 10.9 Å². The maximum atomic E-state index is 12.9. The molecule has 176 valence electrons. The first-order valence-corrected chi connectivity index (χ1v) is 12.9. The van der Waals surface area contributed by atoms with Gasteiger partial charge in [0.05, 0.1) is 32.4 Å². The molecule has 1 unspecified atom stereocenters. The lowest BCUT2D eigenvalue weighted by Gasteiger charge is -2.13. The van der Waals surface area contributed by atoms with E-state index in [1.807, 2.05) is 12.1 Å². The Kier molecular flexibility index (Phi) is 8.22. The van der Waals surface area contributed by atoms with Gasteiger partial charge in [0, 0.05) is 29.1 Å². The molecule has 0 saturated carbocycles. The Morgan fingerprint density at radius 1 is 1.30 bits per heavy atom. The largest absolute Gasteiger partial charge is 0.488 e. The Morgan fingerprint density at radius 3 is 2.82 bits per heavy atom. The fourth-order valence-corrected chi connectivity index (χ4v) is 4.53. The number of rotatable bonds is 8. The summed E-state index contributed by atoms with van der Waals surface area (Å²) in [5.74, 6) is 1.19. The van der Waals surface area contributed by atoms with Crippen LogP contribution in [0.1, 0.15) is 19.4 Å². The highest BCUT2D eigenvalue weighted by molar-refractivity contribution is 9.10. The molecular weight excluding hydrogens is 512 g/mol. The van der Waals surface area contributed by atoms with Gasteiger partial charge >= 0.3 is 6.09 Å². The minimum absolute atomic E-state index is 0.162. The molecule has 11 heteroatoms. The van der Waals surface area contributed by atoms with Crippen LogP contribution >= 0.6 is 15.9 Å². The number of hydrogen-bond acceptors (Lipinski definition) is 8. The van der Waals surface area contributed by atoms with Crippen LogP contribution in [0.15, 0.2) is 56.5 Å². The number of ether oxygens (including phenoxy) is 2. The molecule has 33 heavy (non-hydrogen) atoms. The maximum absolute atomic E-state index is 12.9. The van der Waals surface area contributed by atoms with Crippen LogP contribution in [0.3, 0.4) is 0 Å². The molecule has 1 amide bonds. The van der Waals surface area contributed by atoms with Crippen LogP contribution in [0, 0.1) is 0 Å². The third-order valence-corrected chi connectivity index (χ3v) is 6.75. The van der Waals surface area contributed by atoms with Crippen LogP contribution in [0.4, 0.5) is 10.6 Å². The Balaban J connectivity index is 1.81. The molecule has 2 N–H and O–H groups in total. The molecule has 0 bridgehead atoms. The predicted octanol–water partition coefficient (Wildman–Crippen LogP) is 4.38. The zero-order valence-corrected chi connectivity index (χ0v) is 20.9. The number of nitrogens with one attached hydrogen (secondary N) is 1. The van der Waals surface area contributed by atoms with E-state index in [1.165, 1.54) is 12.6 Å². The van der Waals surface area contributed by atoms with Gasteiger partial charge in [0.25, 0.3) is 0 Å². The van der Waals surface area contributed by atoms with Crippen molar-refractivity contribution in [3.63, 3.8) is 0 Å². The first kappa shape index (κ1) is 24.9. The Labute approximate surface area is 200 Å². The fourth-order valence-electron chi connectivity index (χ4n) is 2.93. The summed E-state index contributed by atoms with van der Waals surface area (Å²) in [4.78, 5) is 20.6. The molecule has 0 aliphatic heterocycles. The van der Waals surface area contributed by atoms with Gasteiger partial charge in [-0.1, -0.05) is 12.1 Å². The van der Waals surface area contributed by atoms with Crippen molar-refractivity contribution in [1.82, 2.24) is 9.97 Å². The number of fused-ring (bicyclic) bond motifs is 1. The number of aliphatic hydroxyl groups is 1. The van der Waals surface area contributed by atoms with Crippen LogP contribution in [0.5, 0.6) is 5.75 Å². The number of halogens is 1. The molecule has 2 atom stereocenters. The highest BCUT2D eigenvalue weighted by Crippen LogP contribution is 2.32. The van der Waals surface area contributed by atoms with Crippen LogP contribution < -0.4 is 10.1 Å². The number of nitrogens with zero attached hydrogens (tertiary/aromatic N) is 3. The summed E-state index contributed by atoms with van der Waals surface area (Å²) >= 11 is 3.52. The third kappa shape index (κ3) is 6.62. The summed E-state index contributed by atoms with van der Waals surface area (Å²) in [6.45, 7) is 4.07. The normalized spacial score (nSPS) is 13.7. The van der Waals surface area contributed by atoms with E-state index >= 15 is 0 Å². The monoisotopic (exact) mass is 536 g/mol. The second-order valence-corrected chi connectivity index (χ2v) is 10.4. The Morgan fingerprint density at radius 2 is 2.09 bits per heavy atom. The standard InChI is InChI=1S/C22H25BrN4O5S/c1-4-31-22(29)27-33(3,30)16-7-5-6-15(8-16)12-32-20-10-19-17(9-18(20)23)21(26-13-25-19)24-11-14(2)28/h5-10,13-14,28H,4,11-12H2,1-3H3,(H,24,25,26)/t14-,33?/m0/s1. The molecule has 3 aromatic rings. The van der Waals surface area contributed by atoms with E-state index in [0.717, 1.165) is 10.9 Å². The van der Waals surface area contributed by atoms with Gasteiger partial charge in [-0.05, 0) is 53.5 Å². The van der Waals surface area contributed by atoms with Gasteiger partial charge in [0.15, 0.2) is 0 Å². The summed E-state index contributed by atoms with van der Waals surface area (Å²) in [5, 5.41) is 13.4.